The smallest absolute Gasteiger partial charge is 0.355 e. The number of carbonyl (C=O) groups is 3. The van der Waals surface area contributed by atoms with E-state index in [9.17, 15) is 14.4 Å². The maximum atomic E-state index is 14.3. The second-order valence-corrected chi connectivity index (χ2v) is 17.1. The van der Waals surface area contributed by atoms with Gasteiger partial charge < -0.3 is 14.8 Å². The largest absolute Gasteiger partial charge is 0.497 e. The summed E-state index contributed by atoms with van der Waals surface area (Å²) >= 11 is 1.58. The van der Waals surface area contributed by atoms with Crippen LogP contribution in [0.2, 0.25) is 0 Å². The van der Waals surface area contributed by atoms with E-state index in [4.69, 9.17) is 9.47 Å². The molecule has 0 radical (unpaired) electrons. The molecule has 256 valence electrons. The quantitative estimate of drug-likeness (QED) is 0.103. The number of hydrogen-bond acceptors (Lipinski definition) is 6. The van der Waals surface area contributed by atoms with Crippen LogP contribution < -0.4 is 26.0 Å². The lowest BCUT2D eigenvalue weighted by atomic mass is 10.0. The van der Waals surface area contributed by atoms with Gasteiger partial charge in [0.1, 0.15) is 52.6 Å². The highest BCUT2D eigenvalue weighted by atomic mass is 32.2. The molecule has 0 aliphatic carbocycles. The van der Waals surface area contributed by atoms with Crippen molar-refractivity contribution in [3.63, 3.8) is 0 Å². The van der Waals surface area contributed by atoms with Crippen LogP contribution in [0.15, 0.2) is 157 Å². The lowest BCUT2D eigenvalue weighted by molar-refractivity contribution is -0.153. The van der Waals surface area contributed by atoms with Crippen molar-refractivity contribution in [3.8, 4) is 5.75 Å². The van der Waals surface area contributed by atoms with Crippen LogP contribution in [-0.4, -0.2) is 53.1 Å². The summed E-state index contributed by atoms with van der Waals surface area (Å²) in [4.78, 5) is 43.0. The predicted molar refractivity (Wildman–Crippen MR) is 205 cm³/mol. The summed E-state index contributed by atoms with van der Waals surface area (Å²) in [5, 5.41) is 6.05. The van der Waals surface area contributed by atoms with Crippen molar-refractivity contribution in [1.29, 1.82) is 0 Å². The van der Waals surface area contributed by atoms with Gasteiger partial charge in [0.2, 0.25) is 5.91 Å². The fourth-order valence-corrected chi connectivity index (χ4v) is 12.6. The number of amides is 2. The molecule has 7 rings (SSSR count). The number of hydrogen-bond donors (Lipinski definition) is 1. The van der Waals surface area contributed by atoms with Gasteiger partial charge in [0.15, 0.2) is 0 Å². The van der Waals surface area contributed by atoms with Crippen LogP contribution in [0.25, 0.3) is 0 Å². The molecule has 0 unspecified atom stereocenters. The molecule has 0 spiro atoms. The Labute approximate surface area is 303 Å². The van der Waals surface area contributed by atoms with Gasteiger partial charge in [0, 0.05) is 11.3 Å². The zero-order chi connectivity index (χ0) is 35.2. The first-order valence-electron chi connectivity index (χ1n) is 16.8. The summed E-state index contributed by atoms with van der Waals surface area (Å²) < 4.78 is 11.3. The number of nitrogens with zero attached hydrogens (tertiary/aromatic N) is 1. The van der Waals surface area contributed by atoms with E-state index >= 15 is 0 Å². The summed E-state index contributed by atoms with van der Waals surface area (Å²) in [6.07, 6.45) is 0.699. The number of ether oxygens (including phenoxy) is 2. The number of thioether (sulfide) groups is 1. The van der Waals surface area contributed by atoms with E-state index in [1.54, 1.807) is 23.8 Å². The van der Waals surface area contributed by atoms with Gasteiger partial charge in [-0.05, 0) is 59.7 Å². The lowest BCUT2D eigenvalue weighted by Crippen LogP contribution is -2.70. The Morgan fingerprint density at radius 2 is 1.27 bits per heavy atom. The molecule has 9 heteroatoms. The SMILES string of the molecule is COc1ccc(COC(=O)C2=C(C[P+](c3ccccc3)(c3ccccc3)c3ccccc3)CS[C@H]3[C@H](NC(=O)Cc4ccccc4)C(=O)N23)cc1. The molecular formula is C42H38N2O5PS+. The highest BCUT2D eigenvalue weighted by Crippen LogP contribution is 2.58. The Morgan fingerprint density at radius 1 is 0.745 bits per heavy atom. The summed E-state index contributed by atoms with van der Waals surface area (Å²) in [7, 11) is -0.802. The van der Waals surface area contributed by atoms with E-state index in [1.165, 1.54) is 15.9 Å². The van der Waals surface area contributed by atoms with Crippen molar-refractivity contribution in [3.05, 3.63) is 168 Å². The maximum Gasteiger partial charge on any atom is 0.355 e. The standard InChI is InChI=1S/C42H37N2O5PS/c1-48-33-24-22-31(23-25-33)27-49-42(47)39-32(29-51-41-38(40(46)44(39)41)43-37(45)26-30-14-6-2-7-15-30)28-50(34-16-8-3-9-17-34,35-18-10-4-11-19-35)36-20-12-5-13-21-36/h2-25,38,41H,26-29H2,1H3/p+1/t38-,41+/m1/s1. The molecule has 0 aromatic heterocycles. The van der Waals surface area contributed by atoms with Gasteiger partial charge in [-0.1, -0.05) is 97.1 Å². The Hall–Kier alpha value is -5.17. The molecule has 1 N–H and O–H groups in total. The van der Waals surface area contributed by atoms with Crippen LogP contribution in [0.1, 0.15) is 11.1 Å². The van der Waals surface area contributed by atoms with E-state index in [0.29, 0.717) is 17.7 Å². The first-order valence-corrected chi connectivity index (χ1v) is 19.8. The maximum absolute atomic E-state index is 14.3. The zero-order valence-electron chi connectivity index (χ0n) is 28.2. The van der Waals surface area contributed by atoms with Gasteiger partial charge in [-0.25, -0.2) is 4.79 Å². The number of rotatable bonds is 12. The molecule has 2 atom stereocenters. The summed E-state index contributed by atoms with van der Waals surface area (Å²) in [6.45, 7) is 0.0348. The third kappa shape index (κ3) is 7.07. The fourth-order valence-electron chi connectivity index (χ4n) is 6.79. The minimum atomic E-state index is -2.40. The Morgan fingerprint density at radius 3 is 1.80 bits per heavy atom. The molecule has 5 aromatic carbocycles. The normalized spacial score (nSPS) is 16.9. The number of benzene rings is 5. The molecular weight excluding hydrogens is 676 g/mol. The van der Waals surface area contributed by atoms with Crippen LogP contribution in [0, 0.1) is 0 Å². The van der Waals surface area contributed by atoms with Crippen LogP contribution in [0.3, 0.4) is 0 Å². The molecule has 2 aliphatic heterocycles. The van der Waals surface area contributed by atoms with Crippen LogP contribution in [0.5, 0.6) is 5.75 Å². The van der Waals surface area contributed by atoms with E-state index in [2.05, 4.69) is 78.1 Å². The van der Waals surface area contributed by atoms with Gasteiger partial charge in [-0.2, -0.15) is 0 Å². The van der Waals surface area contributed by atoms with Crippen molar-refractivity contribution < 1.29 is 23.9 Å². The lowest BCUT2D eigenvalue weighted by Gasteiger charge is -2.50. The van der Waals surface area contributed by atoms with Crippen LogP contribution >= 0.6 is 19.0 Å². The number of fused-ring (bicyclic) bond motifs is 1. The molecule has 7 nitrogen and oxygen atoms in total. The van der Waals surface area contributed by atoms with Gasteiger partial charge in [-0.15, -0.1) is 11.8 Å². The van der Waals surface area contributed by atoms with Crippen LogP contribution in [0.4, 0.5) is 0 Å². The van der Waals surface area contributed by atoms with E-state index in [-0.39, 0.29) is 30.5 Å². The Kier molecular flexibility index (Phi) is 10.3. The van der Waals surface area contributed by atoms with Crippen molar-refractivity contribution in [1.82, 2.24) is 10.2 Å². The highest BCUT2D eigenvalue weighted by molar-refractivity contribution is 8.00. The Bertz CT molecular complexity index is 1930. The van der Waals surface area contributed by atoms with E-state index < -0.39 is 24.6 Å². The number of methoxy groups -OCH3 is 1. The fraction of sp³-hybridized carbons (Fsp3) is 0.167. The van der Waals surface area contributed by atoms with Gasteiger partial charge in [-0.3, -0.25) is 14.5 Å². The first-order chi connectivity index (χ1) is 25.0. The second-order valence-electron chi connectivity index (χ2n) is 12.5. The third-order valence-electron chi connectivity index (χ3n) is 9.31. The van der Waals surface area contributed by atoms with Crippen molar-refractivity contribution in [2.75, 3.05) is 19.0 Å². The van der Waals surface area contributed by atoms with E-state index in [1.807, 2.05) is 72.8 Å². The molecule has 51 heavy (non-hydrogen) atoms. The van der Waals surface area contributed by atoms with Gasteiger partial charge in [0.05, 0.1) is 19.7 Å². The van der Waals surface area contributed by atoms with Crippen molar-refractivity contribution in [2.45, 2.75) is 24.4 Å². The average molecular weight is 714 g/mol. The number of β-lactam (4-membered cyclic amide) rings is 1. The summed E-state index contributed by atoms with van der Waals surface area (Å²) in [5.41, 5.74) is 2.79. The first kappa shape index (κ1) is 34.3. The number of nitrogens with one attached hydrogen (secondary N) is 1. The second kappa shape index (κ2) is 15.4. The molecule has 2 aliphatic rings. The van der Waals surface area contributed by atoms with Crippen molar-refractivity contribution in [2.24, 2.45) is 0 Å². The number of esters is 1. The molecule has 1 saturated heterocycles. The number of carbonyl (C=O) groups excluding carboxylic acids is 3. The zero-order valence-corrected chi connectivity index (χ0v) is 29.9. The predicted octanol–water partition coefficient (Wildman–Crippen LogP) is 5.63. The molecule has 0 bridgehead atoms. The topological polar surface area (TPSA) is 84.9 Å². The molecule has 5 aromatic rings. The molecule has 1 fully saturated rings. The Balaban J connectivity index is 1.27. The minimum absolute atomic E-state index is 0.0348. The average Bonchev–Trinajstić information content (AvgIpc) is 3.19. The minimum Gasteiger partial charge on any atom is -0.497 e. The monoisotopic (exact) mass is 713 g/mol. The summed E-state index contributed by atoms with van der Waals surface area (Å²) in [6, 6.07) is 47.4. The van der Waals surface area contributed by atoms with Crippen LogP contribution in [-0.2, 0) is 32.1 Å². The van der Waals surface area contributed by atoms with E-state index in [0.717, 1.165) is 16.7 Å². The molecule has 0 saturated carbocycles. The highest BCUT2D eigenvalue weighted by Gasteiger charge is 2.56. The molecule has 2 heterocycles. The summed E-state index contributed by atoms with van der Waals surface area (Å²) in [5.74, 6) is 0.101. The third-order valence-corrected chi connectivity index (χ3v) is 15.0. The van der Waals surface area contributed by atoms with Gasteiger partial charge in [0.25, 0.3) is 5.91 Å². The molecule has 2 amide bonds. The van der Waals surface area contributed by atoms with Gasteiger partial charge >= 0.3 is 5.97 Å². The van der Waals surface area contributed by atoms with Crippen molar-refractivity contribution >= 4 is 52.7 Å².